The van der Waals surface area contributed by atoms with Gasteiger partial charge in [0.1, 0.15) is 11.6 Å². The highest BCUT2D eigenvalue weighted by molar-refractivity contribution is 7.93. The van der Waals surface area contributed by atoms with Crippen LogP contribution in [0.15, 0.2) is 58.6 Å². The van der Waals surface area contributed by atoms with Crippen LogP contribution in [-0.4, -0.2) is 41.6 Å². The lowest BCUT2D eigenvalue weighted by Gasteiger charge is -2.06. The zero-order chi connectivity index (χ0) is 25.3. The molecule has 36 heavy (non-hydrogen) atoms. The van der Waals surface area contributed by atoms with Crippen LogP contribution in [0.5, 0.6) is 11.5 Å². The van der Waals surface area contributed by atoms with Gasteiger partial charge in [-0.25, -0.2) is 8.42 Å². The monoisotopic (exact) mass is 521 g/mol. The topological polar surface area (TPSA) is 136 Å². The number of nitrogens with zero attached hydrogens (tertiary/aromatic N) is 4. The Morgan fingerprint density at radius 2 is 2.03 bits per heavy atom. The number of rotatable bonds is 7. The van der Waals surface area contributed by atoms with Gasteiger partial charge in [-0.05, 0) is 29.8 Å². The van der Waals surface area contributed by atoms with Crippen molar-refractivity contribution in [3.05, 3.63) is 65.4 Å². The number of fused-ring (bicyclic) bond motifs is 2. The molecule has 0 saturated heterocycles. The molecule has 1 amide bonds. The maximum Gasteiger partial charge on any atom is 0.268 e. The van der Waals surface area contributed by atoms with E-state index in [-0.39, 0.29) is 27.6 Å². The molecule has 0 bridgehead atoms. The molecule has 3 heterocycles. The molecule has 2 aromatic carbocycles. The molecule has 1 N–H and O–H groups in total. The lowest BCUT2D eigenvalue weighted by atomic mass is 10.1. The van der Waals surface area contributed by atoms with Crippen molar-refractivity contribution < 1.29 is 22.7 Å². The first-order valence-electron chi connectivity index (χ1n) is 10.8. The number of amides is 1. The number of hydrogen-bond donors (Lipinski definition) is 1. The Balaban J connectivity index is 1.43. The first-order valence-corrected chi connectivity index (χ1v) is 13.3. The number of para-hydroxylation sites is 1. The number of aromatic nitrogens is 3. The average molecular weight is 522 g/mol. The Hall–Kier alpha value is -4.21. The van der Waals surface area contributed by atoms with E-state index in [2.05, 4.69) is 15.5 Å². The number of carbonyl (C=O) groups is 1. The van der Waals surface area contributed by atoms with Crippen molar-refractivity contribution in [3.63, 3.8) is 0 Å². The highest BCUT2D eigenvalue weighted by atomic mass is 32.2. The maximum atomic E-state index is 12.8. The highest BCUT2D eigenvalue weighted by Gasteiger charge is 2.20. The number of sulfone groups is 1. The first-order chi connectivity index (χ1) is 17.4. The zero-order valence-corrected chi connectivity index (χ0v) is 20.6. The van der Waals surface area contributed by atoms with Gasteiger partial charge in [-0.2, -0.15) is 5.26 Å². The number of carbonyl (C=O) groups excluding carboxylic acids is 1. The molecule has 0 saturated carbocycles. The number of hydrogen-bond acceptors (Lipinski definition) is 9. The Kier molecular flexibility index (Phi) is 6.17. The lowest BCUT2D eigenvalue weighted by Crippen LogP contribution is -2.13. The quantitative estimate of drug-likeness (QED) is 0.221. The minimum atomic E-state index is -3.54. The molecule has 1 aliphatic heterocycles. The van der Waals surface area contributed by atoms with Gasteiger partial charge < -0.3 is 14.0 Å². The largest absolute Gasteiger partial charge is 0.454 e. The van der Waals surface area contributed by atoms with Gasteiger partial charge in [0.25, 0.3) is 5.91 Å². The third kappa shape index (κ3) is 4.53. The summed E-state index contributed by atoms with van der Waals surface area (Å²) in [4.78, 5) is 12.8. The lowest BCUT2D eigenvalue weighted by molar-refractivity contribution is -0.112. The predicted molar refractivity (Wildman–Crippen MR) is 133 cm³/mol. The fourth-order valence-electron chi connectivity index (χ4n) is 3.74. The van der Waals surface area contributed by atoms with Crippen molar-refractivity contribution in [2.45, 2.75) is 17.8 Å². The van der Waals surface area contributed by atoms with Crippen LogP contribution in [0.25, 0.3) is 17.0 Å². The van der Waals surface area contributed by atoms with E-state index in [4.69, 9.17) is 9.47 Å². The van der Waals surface area contributed by atoms with Crippen LogP contribution in [0.1, 0.15) is 18.1 Å². The number of benzene rings is 2. The molecule has 12 heteroatoms. The van der Waals surface area contributed by atoms with Crippen LogP contribution in [0.3, 0.4) is 0 Å². The van der Waals surface area contributed by atoms with E-state index in [9.17, 15) is 18.5 Å². The minimum absolute atomic E-state index is 0.00147. The fraction of sp³-hybridized carbons (Fsp3) is 0.167. The van der Waals surface area contributed by atoms with Crippen LogP contribution in [0, 0.1) is 11.3 Å². The zero-order valence-electron chi connectivity index (χ0n) is 19.0. The van der Waals surface area contributed by atoms with Gasteiger partial charge in [0.05, 0.1) is 5.75 Å². The standard InChI is InChI=1S/C24H19N5O5S2/c1-2-36(31,32)24-28-27-23(35-24)26-22(30)16(11-25)10-17-13-29(19-6-4-3-5-18(17)19)12-15-7-8-20-21(9-15)34-14-33-20/h3-10,13H,2,12,14H2,1H3,(H,26,27,30)/b16-10-. The van der Waals surface area contributed by atoms with E-state index in [0.29, 0.717) is 23.6 Å². The Morgan fingerprint density at radius 1 is 1.22 bits per heavy atom. The molecule has 0 atom stereocenters. The summed E-state index contributed by atoms with van der Waals surface area (Å²) < 4.78 is 36.6. The van der Waals surface area contributed by atoms with Crippen LogP contribution in [0.2, 0.25) is 0 Å². The normalized spacial score (nSPS) is 13.1. The van der Waals surface area contributed by atoms with Crippen LogP contribution < -0.4 is 14.8 Å². The average Bonchev–Trinajstić information content (AvgIpc) is 3.62. The maximum absolute atomic E-state index is 12.8. The molecular formula is C24H19N5O5S2. The van der Waals surface area contributed by atoms with Crippen molar-refractivity contribution in [2.75, 3.05) is 17.9 Å². The molecule has 182 valence electrons. The molecule has 0 radical (unpaired) electrons. The fourth-order valence-corrected chi connectivity index (χ4v) is 5.72. The smallest absolute Gasteiger partial charge is 0.268 e. The summed E-state index contributed by atoms with van der Waals surface area (Å²) in [6.45, 7) is 2.24. The number of nitrogens with one attached hydrogen (secondary N) is 1. The molecule has 0 unspecified atom stereocenters. The van der Waals surface area contributed by atoms with E-state index in [0.717, 1.165) is 27.8 Å². The summed E-state index contributed by atoms with van der Waals surface area (Å²) in [6, 6.07) is 15.3. The van der Waals surface area contributed by atoms with Gasteiger partial charge in [-0.3, -0.25) is 10.1 Å². The SMILES string of the molecule is CCS(=O)(=O)c1nnc(NC(=O)/C(C#N)=C\c2cn(Cc3ccc4c(c3)OCO4)c3ccccc23)s1. The van der Waals surface area contributed by atoms with Gasteiger partial charge in [0.2, 0.25) is 26.1 Å². The molecule has 10 nitrogen and oxygen atoms in total. The Bertz CT molecular complexity index is 1660. The van der Waals surface area contributed by atoms with Crippen molar-refractivity contribution >= 4 is 49.2 Å². The molecule has 4 aromatic rings. The molecule has 0 spiro atoms. The molecule has 5 rings (SSSR count). The van der Waals surface area contributed by atoms with Crippen molar-refractivity contribution in [1.82, 2.24) is 14.8 Å². The van der Waals surface area contributed by atoms with Crippen LogP contribution >= 0.6 is 11.3 Å². The molecule has 0 fully saturated rings. The first kappa shape index (κ1) is 23.5. The number of anilines is 1. The summed E-state index contributed by atoms with van der Waals surface area (Å²) in [5.74, 6) is 0.565. The van der Waals surface area contributed by atoms with Crippen LogP contribution in [0.4, 0.5) is 5.13 Å². The summed E-state index contributed by atoms with van der Waals surface area (Å²) in [7, 11) is -3.54. The van der Waals surface area contributed by atoms with Gasteiger partial charge in [-0.15, -0.1) is 10.2 Å². The van der Waals surface area contributed by atoms with Crippen LogP contribution in [-0.2, 0) is 21.2 Å². The number of nitriles is 1. The molecular weight excluding hydrogens is 502 g/mol. The molecule has 2 aromatic heterocycles. The molecule has 0 aliphatic carbocycles. The second-order valence-electron chi connectivity index (χ2n) is 7.82. The predicted octanol–water partition coefficient (Wildman–Crippen LogP) is 3.61. The van der Waals surface area contributed by atoms with Gasteiger partial charge in [-0.1, -0.05) is 42.5 Å². The summed E-state index contributed by atoms with van der Waals surface area (Å²) in [5.41, 5.74) is 2.46. The Morgan fingerprint density at radius 3 is 2.83 bits per heavy atom. The van der Waals surface area contributed by atoms with Gasteiger partial charge in [0, 0.05) is 29.2 Å². The van der Waals surface area contributed by atoms with E-state index in [1.165, 1.54) is 13.0 Å². The van der Waals surface area contributed by atoms with Crippen molar-refractivity contribution in [2.24, 2.45) is 0 Å². The second kappa shape index (κ2) is 9.44. The summed E-state index contributed by atoms with van der Waals surface area (Å²) in [5, 5.41) is 20.4. The van der Waals surface area contributed by atoms with Gasteiger partial charge in [0.15, 0.2) is 11.5 Å². The van der Waals surface area contributed by atoms with E-state index in [1.54, 1.807) is 0 Å². The third-order valence-electron chi connectivity index (χ3n) is 5.55. The summed E-state index contributed by atoms with van der Waals surface area (Å²) >= 11 is 0.741. The van der Waals surface area contributed by atoms with E-state index < -0.39 is 15.7 Å². The number of ether oxygens (including phenoxy) is 2. The van der Waals surface area contributed by atoms with Crippen molar-refractivity contribution in [3.8, 4) is 17.6 Å². The van der Waals surface area contributed by atoms with E-state index >= 15 is 0 Å². The summed E-state index contributed by atoms with van der Waals surface area (Å²) in [6.07, 6.45) is 3.37. The minimum Gasteiger partial charge on any atom is -0.454 e. The highest BCUT2D eigenvalue weighted by Crippen LogP contribution is 2.33. The molecule has 1 aliphatic rings. The van der Waals surface area contributed by atoms with Crippen molar-refractivity contribution in [1.29, 1.82) is 5.26 Å². The van der Waals surface area contributed by atoms with E-state index in [1.807, 2.05) is 59.3 Å². The third-order valence-corrected chi connectivity index (χ3v) is 8.57. The second-order valence-corrected chi connectivity index (χ2v) is 11.2. The Labute approximate surface area is 210 Å². The van der Waals surface area contributed by atoms with Gasteiger partial charge >= 0.3 is 0 Å².